The van der Waals surface area contributed by atoms with Gasteiger partial charge in [0.15, 0.2) is 5.78 Å². The van der Waals surface area contributed by atoms with Gasteiger partial charge < -0.3 is 5.11 Å². The Labute approximate surface area is 113 Å². The highest BCUT2D eigenvalue weighted by atomic mass is 16.3. The summed E-state index contributed by atoms with van der Waals surface area (Å²) in [6, 6.07) is 13.8. The maximum atomic E-state index is 12.5. The van der Waals surface area contributed by atoms with E-state index in [9.17, 15) is 9.90 Å². The van der Waals surface area contributed by atoms with Crippen LogP contribution in [0.5, 0.6) is 0 Å². The molecule has 0 aliphatic heterocycles. The molecule has 0 bridgehead atoms. The second-order valence-corrected chi connectivity index (χ2v) is 5.38. The third kappa shape index (κ3) is 2.41. The van der Waals surface area contributed by atoms with Crippen LogP contribution in [-0.4, -0.2) is 17.0 Å². The van der Waals surface area contributed by atoms with Gasteiger partial charge in [0, 0.05) is 11.5 Å². The van der Waals surface area contributed by atoms with Crippen molar-refractivity contribution in [2.75, 3.05) is 0 Å². The molecule has 2 unspecified atom stereocenters. The fourth-order valence-corrected chi connectivity index (χ4v) is 2.97. The number of hydrogen-bond acceptors (Lipinski definition) is 2. The van der Waals surface area contributed by atoms with Crippen LogP contribution in [0.15, 0.2) is 42.5 Å². The largest absolute Gasteiger partial charge is 0.392 e. The summed E-state index contributed by atoms with van der Waals surface area (Å²) >= 11 is 0. The molecule has 0 heterocycles. The summed E-state index contributed by atoms with van der Waals surface area (Å²) in [6.45, 7) is 0. The lowest BCUT2D eigenvalue weighted by molar-refractivity contribution is 0.0525. The number of ketones is 1. The summed E-state index contributed by atoms with van der Waals surface area (Å²) in [4.78, 5) is 12.5. The number of fused-ring (bicyclic) bond motifs is 1. The Bertz CT molecular complexity index is 603. The first-order valence-electron chi connectivity index (χ1n) is 6.97. The minimum Gasteiger partial charge on any atom is -0.392 e. The summed E-state index contributed by atoms with van der Waals surface area (Å²) in [5, 5.41) is 12.2. The first-order valence-corrected chi connectivity index (χ1v) is 6.97. The van der Waals surface area contributed by atoms with Gasteiger partial charge in [0.25, 0.3) is 0 Å². The van der Waals surface area contributed by atoms with E-state index in [1.807, 2.05) is 42.5 Å². The van der Waals surface area contributed by atoms with Crippen LogP contribution < -0.4 is 0 Å². The second kappa shape index (κ2) is 5.14. The molecule has 1 fully saturated rings. The van der Waals surface area contributed by atoms with E-state index in [2.05, 4.69) is 0 Å². The van der Waals surface area contributed by atoms with Crippen LogP contribution in [0.1, 0.15) is 36.0 Å². The summed E-state index contributed by atoms with van der Waals surface area (Å²) in [5.74, 6) is -0.118. The lowest BCUT2D eigenvalue weighted by atomic mass is 9.81. The molecule has 1 N–H and O–H groups in total. The highest BCUT2D eigenvalue weighted by Gasteiger charge is 2.29. The molecule has 0 spiro atoms. The van der Waals surface area contributed by atoms with Crippen LogP contribution in [-0.2, 0) is 0 Å². The molecule has 0 amide bonds. The molecule has 98 valence electrons. The molecule has 2 atom stereocenters. The molecule has 2 aromatic rings. The Kier molecular flexibility index (Phi) is 3.34. The van der Waals surface area contributed by atoms with E-state index in [1.165, 1.54) is 0 Å². The molecule has 1 aliphatic carbocycles. The first kappa shape index (κ1) is 12.4. The number of benzene rings is 2. The third-order valence-electron chi connectivity index (χ3n) is 4.10. The average molecular weight is 254 g/mol. The quantitative estimate of drug-likeness (QED) is 0.832. The number of carbonyl (C=O) groups excluding carboxylic acids is 1. The first-order chi connectivity index (χ1) is 9.25. The molecular weight excluding hydrogens is 236 g/mol. The van der Waals surface area contributed by atoms with Crippen molar-refractivity contribution >= 4 is 16.6 Å². The van der Waals surface area contributed by atoms with Gasteiger partial charge in [-0.05, 0) is 29.7 Å². The van der Waals surface area contributed by atoms with Crippen LogP contribution in [0.25, 0.3) is 10.8 Å². The molecule has 2 aromatic carbocycles. The van der Waals surface area contributed by atoms with Crippen LogP contribution in [0, 0.1) is 5.92 Å². The van der Waals surface area contributed by atoms with Gasteiger partial charge in [0.05, 0.1) is 6.10 Å². The van der Waals surface area contributed by atoms with Crippen molar-refractivity contribution in [1.29, 1.82) is 0 Å². The Hall–Kier alpha value is -1.67. The lowest BCUT2D eigenvalue weighted by Gasteiger charge is -2.26. The SMILES string of the molecule is O=C(c1ccc2ccccc2c1)C1CCCCC1O. The van der Waals surface area contributed by atoms with Crippen molar-refractivity contribution in [1.82, 2.24) is 0 Å². The van der Waals surface area contributed by atoms with Gasteiger partial charge in [-0.2, -0.15) is 0 Å². The molecule has 1 aliphatic rings. The van der Waals surface area contributed by atoms with Gasteiger partial charge in [-0.25, -0.2) is 0 Å². The Morgan fingerprint density at radius 2 is 1.74 bits per heavy atom. The summed E-state index contributed by atoms with van der Waals surface area (Å²) < 4.78 is 0. The second-order valence-electron chi connectivity index (χ2n) is 5.38. The van der Waals surface area contributed by atoms with Crippen molar-refractivity contribution in [2.45, 2.75) is 31.8 Å². The van der Waals surface area contributed by atoms with Gasteiger partial charge in [-0.1, -0.05) is 49.2 Å². The predicted octanol–water partition coefficient (Wildman–Crippen LogP) is 3.57. The highest BCUT2D eigenvalue weighted by Crippen LogP contribution is 2.28. The van der Waals surface area contributed by atoms with Crippen LogP contribution in [0.4, 0.5) is 0 Å². The van der Waals surface area contributed by atoms with E-state index >= 15 is 0 Å². The van der Waals surface area contributed by atoms with Gasteiger partial charge in [-0.3, -0.25) is 4.79 Å². The van der Waals surface area contributed by atoms with Crippen molar-refractivity contribution < 1.29 is 9.90 Å². The molecule has 0 radical (unpaired) electrons. The topological polar surface area (TPSA) is 37.3 Å². The molecule has 2 heteroatoms. The maximum Gasteiger partial charge on any atom is 0.168 e. The fourth-order valence-electron chi connectivity index (χ4n) is 2.97. The molecule has 2 nitrogen and oxygen atoms in total. The van der Waals surface area contributed by atoms with Gasteiger partial charge >= 0.3 is 0 Å². The summed E-state index contributed by atoms with van der Waals surface area (Å²) in [5.41, 5.74) is 0.727. The van der Waals surface area contributed by atoms with E-state index in [0.717, 1.165) is 42.0 Å². The number of aliphatic hydroxyl groups excluding tert-OH is 1. The number of hydrogen-bond donors (Lipinski definition) is 1. The summed E-state index contributed by atoms with van der Waals surface area (Å²) in [6.07, 6.45) is 3.17. The van der Waals surface area contributed by atoms with Crippen molar-refractivity contribution in [2.24, 2.45) is 5.92 Å². The van der Waals surface area contributed by atoms with Crippen LogP contribution in [0.3, 0.4) is 0 Å². The monoisotopic (exact) mass is 254 g/mol. The van der Waals surface area contributed by atoms with E-state index in [0.29, 0.717) is 0 Å². The molecular formula is C17H18O2. The molecule has 0 aromatic heterocycles. The van der Waals surface area contributed by atoms with Gasteiger partial charge in [-0.15, -0.1) is 0 Å². The average Bonchev–Trinajstić information content (AvgIpc) is 2.46. The Morgan fingerprint density at radius 1 is 1.00 bits per heavy atom. The number of rotatable bonds is 2. The highest BCUT2D eigenvalue weighted by molar-refractivity contribution is 6.01. The lowest BCUT2D eigenvalue weighted by Crippen LogP contribution is -2.31. The molecule has 1 saturated carbocycles. The smallest absolute Gasteiger partial charge is 0.168 e. The number of carbonyl (C=O) groups is 1. The van der Waals surface area contributed by atoms with Gasteiger partial charge in [0.2, 0.25) is 0 Å². The van der Waals surface area contributed by atoms with E-state index in [4.69, 9.17) is 0 Å². The Balaban J connectivity index is 1.92. The van der Waals surface area contributed by atoms with Crippen LogP contribution in [0.2, 0.25) is 0 Å². The minimum absolute atomic E-state index is 0.0953. The van der Waals surface area contributed by atoms with E-state index in [-0.39, 0.29) is 11.7 Å². The molecule has 19 heavy (non-hydrogen) atoms. The maximum absolute atomic E-state index is 12.5. The Morgan fingerprint density at radius 3 is 2.53 bits per heavy atom. The van der Waals surface area contributed by atoms with Crippen molar-refractivity contribution in [3.05, 3.63) is 48.0 Å². The minimum atomic E-state index is -0.465. The number of Topliss-reactive ketones (excluding diaryl/α,β-unsaturated/α-hetero) is 1. The van der Waals surface area contributed by atoms with E-state index < -0.39 is 6.10 Å². The van der Waals surface area contributed by atoms with Crippen molar-refractivity contribution in [3.8, 4) is 0 Å². The fraction of sp³-hybridized carbons (Fsp3) is 0.353. The standard InChI is InChI=1S/C17H18O2/c18-16-8-4-3-7-15(16)17(19)14-10-9-12-5-1-2-6-13(12)11-14/h1-2,5-6,9-11,15-16,18H,3-4,7-8H2. The van der Waals surface area contributed by atoms with Crippen LogP contribution >= 0.6 is 0 Å². The summed E-state index contributed by atoms with van der Waals surface area (Å²) in [7, 11) is 0. The normalized spacial score (nSPS) is 23.4. The number of aliphatic hydroxyl groups is 1. The van der Waals surface area contributed by atoms with Gasteiger partial charge in [0.1, 0.15) is 0 Å². The predicted molar refractivity (Wildman–Crippen MR) is 76.2 cm³/mol. The zero-order valence-electron chi connectivity index (χ0n) is 10.9. The molecule has 3 rings (SSSR count). The zero-order valence-corrected chi connectivity index (χ0v) is 10.9. The van der Waals surface area contributed by atoms with E-state index in [1.54, 1.807) is 0 Å². The third-order valence-corrected chi connectivity index (χ3v) is 4.10. The molecule has 0 saturated heterocycles. The van der Waals surface area contributed by atoms with Crippen molar-refractivity contribution in [3.63, 3.8) is 0 Å². The zero-order chi connectivity index (χ0) is 13.2.